The van der Waals surface area contributed by atoms with Crippen LogP contribution in [0.15, 0.2) is 29.2 Å². The van der Waals surface area contributed by atoms with Crippen molar-refractivity contribution < 1.29 is 22.7 Å². The normalized spacial score (nSPS) is 17.5. The summed E-state index contributed by atoms with van der Waals surface area (Å²) in [6, 6.07) is 5.53. The summed E-state index contributed by atoms with van der Waals surface area (Å²) in [5, 5.41) is 0.457. The van der Waals surface area contributed by atoms with Crippen LogP contribution >= 0.6 is 11.6 Å². The lowest BCUT2D eigenvalue weighted by Gasteiger charge is -2.17. The molecule has 2 rings (SSSR count). The van der Waals surface area contributed by atoms with Gasteiger partial charge in [-0.3, -0.25) is 9.59 Å². The van der Waals surface area contributed by atoms with Gasteiger partial charge in [0, 0.05) is 30.6 Å². The molecule has 0 aromatic heterocycles. The topological polar surface area (TPSA) is 92.8 Å². The van der Waals surface area contributed by atoms with Gasteiger partial charge in [-0.15, -0.1) is 0 Å². The number of halogens is 1. The molecule has 1 aliphatic heterocycles. The van der Waals surface area contributed by atoms with E-state index in [1.165, 1.54) is 24.3 Å². The molecular weight excluding hydrogens is 368 g/mol. The van der Waals surface area contributed by atoms with Crippen molar-refractivity contribution in [2.24, 2.45) is 0 Å². The Labute approximate surface area is 152 Å². The number of ether oxygens (including phenoxy) is 1. The number of rotatable bonds is 7. The van der Waals surface area contributed by atoms with Crippen LogP contribution in [-0.4, -0.2) is 50.9 Å². The molecule has 7 nitrogen and oxygen atoms in total. The van der Waals surface area contributed by atoms with Crippen molar-refractivity contribution in [1.29, 1.82) is 0 Å². The molecule has 9 heteroatoms. The molecule has 0 bridgehead atoms. The number of carbonyl (C=O) groups excluding carboxylic acids is 2. The van der Waals surface area contributed by atoms with E-state index in [0.717, 1.165) is 0 Å². The first-order valence-electron chi connectivity index (χ1n) is 8.03. The molecule has 1 atom stereocenters. The number of likely N-dealkylation sites (tertiary alicyclic amines) is 1. The Morgan fingerprint density at radius 2 is 1.96 bits per heavy atom. The third kappa shape index (κ3) is 5.69. The first-order valence-corrected chi connectivity index (χ1v) is 9.89. The molecule has 1 aliphatic rings. The van der Waals surface area contributed by atoms with Gasteiger partial charge in [0.05, 0.1) is 17.9 Å². The van der Waals surface area contributed by atoms with Gasteiger partial charge in [-0.05, 0) is 37.6 Å². The molecule has 1 N–H and O–H groups in total. The summed E-state index contributed by atoms with van der Waals surface area (Å²) in [7, 11) is -3.66. The standard InChI is InChI=1S/C16H21ClN2O5S/c1-2-24-16(21)8-7-15(20)19-10-9-13(11-19)18-25(22,23)14-5-3-12(17)4-6-14/h3-6,13,18H,2,7-11H2,1H3. The fourth-order valence-electron chi connectivity index (χ4n) is 2.58. The molecule has 1 heterocycles. The maximum absolute atomic E-state index is 12.3. The molecule has 1 aromatic carbocycles. The lowest BCUT2D eigenvalue weighted by molar-refractivity contribution is -0.145. The van der Waals surface area contributed by atoms with E-state index in [1.54, 1.807) is 11.8 Å². The molecule has 1 fully saturated rings. The van der Waals surface area contributed by atoms with Crippen LogP contribution in [0, 0.1) is 0 Å². The third-order valence-electron chi connectivity index (χ3n) is 3.84. The fourth-order valence-corrected chi connectivity index (χ4v) is 3.97. The highest BCUT2D eigenvalue weighted by atomic mass is 35.5. The van der Waals surface area contributed by atoms with E-state index in [4.69, 9.17) is 16.3 Å². The third-order valence-corrected chi connectivity index (χ3v) is 5.62. The van der Waals surface area contributed by atoms with E-state index < -0.39 is 16.0 Å². The lowest BCUT2D eigenvalue weighted by Crippen LogP contribution is -2.38. The van der Waals surface area contributed by atoms with Crippen molar-refractivity contribution in [3.05, 3.63) is 29.3 Å². The minimum absolute atomic E-state index is 0.0321. The van der Waals surface area contributed by atoms with Crippen LogP contribution in [0.4, 0.5) is 0 Å². The van der Waals surface area contributed by atoms with E-state index >= 15 is 0 Å². The highest BCUT2D eigenvalue weighted by Crippen LogP contribution is 2.17. The summed E-state index contributed by atoms with van der Waals surface area (Å²) in [5.74, 6) is -0.587. The summed E-state index contributed by atoms with van der Waals surface area (Å²) in [6.07, 6.45) is 0.623. The summed E-state index contributed by atoms with van der Waals surface area (Å²) in [4.78, 5) is 25.1. The van der Waals surface area contributed by atoms with Gasteiger partial charge in [-0.25, -0.2) is 13.1 Å². The van der Waals surface area contributed by atoms with Crippen LogP contribution < -0.4 is 4.72 Å². The minimum atomic E-state index is -3.66. The van der Waals surface area contributed by atoms with Crippen LogP contribution in [0.5, 0.6) is 0 Å². The van der Waals surface area contributed by atoms with Gasteiger partial charge in [-0.1, -0.05) is 11.6 Å². The van der Waals surface area contributed by atoms with Gasteiger partial charge in [0.1, 0.15) is 0 Å². The Bertz CT molecular complexity index is 721. The van der Waals surface area contributed by atoms with Crippen molar-refractivity contribution in [2.75, 3.05) is 19.7 Å². The number of nitrogens with one attached hydrogen (secondary N) is 1. The summed E-state index contributed by atoms with van der Waals surface area (Å²) in [5.41, 5.74) is 0. The largest absolute Gasteiger partial charge is 0.466 e. The molecule has 0 aliphatic carbocycles. The van der Waals surface area contributed by atoms with Gasteiger partial charge in [0.25, 0.3) is 0 Å². The number of carbonyl (C=O) groups is 2. The number of hydrogen-bond acceptors (Lipinski definition) is 5. The fraction of sp³-hybridized carbons (Fsp3) is 0.500. The first-order chi connectivity index (χ1) is 11.8. The molecule has 1 unspecified atom stereocenters. The zero-order chi connectivity index (χ0) is 18.4. The predicted molar refractivity (Wildman–Crippen MR) is 92.6 cm³/mol. The Morgan fingerprint density at radius 3 is 2.60 bits per heavy atom. The Balaban J connectivity index is 1.86. The number of esters is 1. The van der Waals surface area contributed by atoms with E-state index in [-0.39, 0.29) is 42.8 Å². The molecule has 138 valence electrons. The average molecular weight is 389 g/mol. The van der Waals surface area contributed by atoms with E-state index in [2.05, 4.69) is 4.72 Å². The Morgan fingerprint density at radius 1 is 1.28 bits per heavy atom. The maximum Gasteiger partial charge on any atom is 0.306 e. The monoisotopic (exact) mass is 388 g/mol. The Hall–Kier alpha value is -1.64. The summed E-state index contributed by atoms with van der Waals surface area (Å²) >= 11 is 5.77. The number of hydrogen-bond donors (Lipinski definition) is 1. The van der Waals surface area contributed by atoms with E-state index in [0.29, 0.717) is 18.0 Å². The van der Waals surface area contributed by atoms with Crippen LogP contribution in [0.25, 0.3) is 0 Å². The molecule has 25 heavy (non-hydrogen) atoms. The molecule has 0 radical (unpaired) electrons. The number of sulfonamides is 1. The first kappa shape index (κ1) is 19.7. The van der Waals surface area contributed by atoms with Gasteiger partial charge < -0.3 is 9.64 Å². The molecule has 1 aromatic rings. The van der Waals surface area contributed by atoms with E-state index in [9.17, 15) is 18.0 Å². The van der Waals surface area contributed by atoms with Crippen LogP contribution in [-0.2, 0) is 24.3 Å². The highest BCUT2D eigenvalue weighted by Gasteiger charge is 2.29. The van der Waals surface area contributed by atoms with Gasteiger partial charge >= 0.3 is 5.97 Å². The van der Waals surface area contributed by atoms with Crippen LogP contribution in [0.2, 0.25) is 5.02 Å². The number of amides is 1. The minimum Gasteiger partial charge on any atom is -0.466 e. The lowest BCUT2D eigenvalue weighted by atomic mass is 10.3. The Kier molecular flexibility index (Phi) is 6.80. The zero-order valence-corrected chi connectivity index (χ0v) is 15.5. The average Bonchev–Trinajstić information content (AvgIpc) is 3.01. The number of benzene rings is 1. The molecule has 0 spiro atoms. The second-order valence-electron chi connectivity index (χ2n) is 5.71. The van der Waals surface area contributed by atoms with E-state index in [1.807, 2.05) is 0 Å². The number of nitrogens with zero attached hydrogens (tertiary/aromatic N) is 1. The van der Waals surface area contributed by atoms with Gasteiger partial charge in [-0.2, -0.15) is 0 Å². The van der Waals surface area contributed by atoms with Crippen molar-refractivity contribution in [3.63, 3.8) is 0 Å². The second-order valence-corrected chi connectivity index (χ2v) is 7.86. The van der Waals surface area contributed by atoms with Crippen LogP contribution in [0.3, 0.4) is 0 Å². The van der Waals surface area contributed by atoms with Crippen molar-refractivity contribution in [3.8, 4) is 0 Å². The zero-order valence-electron chi connectivity index (χ0n) is 13.9. The molecule has 1 saturated heterocycles. The van der Waals surface area contributed by atoms with Gasteiger partial charge in [0.15, 0.2) is 0 Å². The van der Waals surface area contributed by atoms with Crippen molar-refractivity contribution in [1.82, 2.24) is 9.62 Å². The summed E-state index contributed by atoms with van der Waals surface area (Å²) in [6.45, 7) is 2.73. The molecule has 1 amide bonds. The van der Waals surface area contributed by atoms with Crippen LogP contribution in [0.1, 0.15) is 26.2 Å². The quantitative estimate of drug-likeness (QED) is 0.715. The SMILES string of the molecule is CCOC(=O)CCC(=O)N1CCC(NS(=O)(=O)c2ccc(Cl)cc2)C1. The molecular formula is C16H21ClN2O5S. The maximum atomic E-state index is 12.3. The summed E-state index contributed by atoms with van der Waals surface area (Å²) < 4.78 is 32.1. The highest BCUT2D eigenvalue weighted by molar-refractivity contribution is 7.89. The van der Waals surface area contributed by atoms with Crippen molar-refractivity contribution in [2.45, 2.75) is 37.1 Å². The smallest absolute Gasteiger partial charge is 0.306 e. The second kappa shape index (κ2) is 8.64. The van der Waals surface area contributed by atoms with Gasteiger partial charge in [0.2, 0.25) is 15.9 Å². The predicted octanol–water partition coefficient (Wildman–Crippen LogP) is 1.56. The molecule has 0 saturated carbocycles. The van der Waals surface area contributed by atoms with Crippen molar-refractivity contribution >= 4 is 33.5 Å².